The average molecular weight is 307 g/mol. The number of anilines is 1. The lowest BCUT2D eigenvalue weighted by molar-refractivity contribution is 0.282. The smallest absolute Gasteiger partial charge is 0.352 e. The second-order valence-corrected chi connectivity index (χ2v) is 5.25. The zero-order valence-corrected chi connectivity index (χ0v) is 12.0. The van der Waals surface area contributed by atoms with E-state index >= 15 is 0 Å². The zero-order valence-electron chi connectivity index (χ0n) is 12.0. The fourth-order valence-electron chi connectivity index (χ4n) is 2.35. The molecule has 1 aliphatic rings. The van der Waals surface area contributed by atoms with Gasteiger partial charge in [0.1, 0.15) is 12.4 Å². The van der Waals surface area contributed by atoms with Crippen LogP contribution in [0.3, 0.4) is 0 Å². The summed E-state index contributed by atoms with van der Waals surface area (Å²) >= 11 is 0. The van der Waals surface area contributed by atoms with Crippen molar-refractivity contribution in [3.63, 3.8) is 0 Å². The predicted octanol–water partition coefficient (Wildman–Crippen LogP) is 2.30. The molecule has 1 aromatic carbocycles. The molecule has 1 aromatic heterocycles. The van der Waals surface area contributed by atoms with Gasteiger partial charge < -0.3 is 10.1 Å². The van der Waals surface area contributed by atoms with E-state index in [9.17, 15) is 13.6 Å². The number of benzene rings is 1. The molecule has 5 nitrogen and oxygen atoms in total. The van der Waals surface area contributed by atoms with Crippen LogP contribution >= 0.6 is 0 Å². The predicted molar refractivity (Wildman–Crippen MR) is 76.9 cm³/mol. The van der Waals surface area contributed by atoms with Crippen molar-refractivity contribution in [2.75, 3.05) is 5.32 Å². The summed E-state index contributed by atoms with van der Waals surface area (Å²) in [6.07, 6.45) is 0.837. The number of hydrogen-bond acceptors (Lipinski definition) is 4. The highest BCUT2D eigenvalue weighted by Gasteiger charge is 2.17. The van der Waals surface area contributed by atoms with E-state index in [1.165, 1.54) is 16.7 Å². The van der Waals surface area contributed by atoms with Gasteiger partial charge in [0.05, 0.1) is 0 Å². The molecule has 0 amide bonds. The Morgan fingerprint density at radius 3 is 3.09 bits per heavy atom. The van der Waals surface area contributed by atoms with Crippen molar-refractivity contribution in [1.82, 2.24) is 9.55 Å². The number of rotatable bonds is 3. The van der Waals surface area contributed by atoms with E-state index in [2.05, 4.69) is 10.3 Å². The van der Waals surface area contributed by atoms with Gasteiger partial charge in [-0.25, -0.2) is 13.6 Å². The first-order valence-electron chi connectivity index (χ1n) is 6.98. The van der Waals surface area contributed by atoms with E-state index in [1.54, 1.807) is 6.07 Å². The van der Waals surface area contributed by atoms with Crippen LogP contribution in [-0.4, -0.2) is 15.6 Å². The van der Waals surface area contributed by atoms with Crippen LogP contribution in [-0.2, 0) is 13.2 Å². The van der Waals surface area contributed by atoms with E-state index in [0.29, 0.717) is 12.4 Å². The molecule has 7 heteroatoms. The van der Waals surface area contributed by atoms with E-state index in [-0.39, 0.29) is 24.1 Å². The van der Waals surface area contributed by atoms with Gasteiger partial charge >= 0.3 is 5.69 Å². The number of nitrogens with zero attached hydrogens (tertiary/aromatic N) is 2. The fraction of sp³-hybridized carbons (Fsp3) is 0.333. The van der Waals surface area contributed by atoms with Crippen LogP contribution in [0.2, 0.25) is 0 Å². The molecular formula is C15H15F2N3O2. The second kappa shape index (κ2) is 5.75. The molecule has 0 spiro atoms. The quantitative estimate of drug-likeness (QED) is 0.945. The normalized spacial score (nSPS) is 16.8. The molecule has 0 unspecified atom stereocenters. The average Bonchev–Trinajstić information content (AvgIpc) is 2.48. The number of halogens is 2. The van der Waals surface area contributed by atoms with Gasteiger partial charge in [-0.05, 0) is 19.4 Å². The lowest BCUT2D eigenvalue weighted by Gasteiger charge is -2.25. The molecule has 2 heterocycles. The molecule has 1 atom stereocenters. The third kappa shape index (κ3) is 2.79. The van der Waals surface area contributed by atoms with Gasteiger partial charge in [-0.1, -0.05) is 12.1 Å². The lowest BCUT2D eigenvalue weighted by Crippen LogP contribution is -2.34. The van der Waals surface area contributed by atoms with Crippen LogP contribution in [0.4, 0.5) is 14.6 Å². The minimum Gasteiger partial charge on any atom is -0.472 e. The summed E-state index contributed by atoms with van der Waals surface area (Å²) in [5, 5.41) is 3.17. The van der Waals surface area contributed by atoms with Crippen molar-refractivity contribution in [3.8, 4) is 5.88 Å². The Morgan fingerprint density at radius 1 is 1.45 bits per heavy atom. The molecule has 3 rings (SSSR count). The van der Waals surface area contributed by atoms with Gasteiger partial charge in [0, 0.05) is 24.2 Å². The van der Waals surface area contributed by atoms with E-state index in [0.717, 1.165) is 12.5 Å². The molecular weight excluding hydrogens is 292 g/mol. The summed E-state index contributed by atoms with van der Waals surface area (Å²) in [6, 6.07) is 5.69. The first kappa shape index (κ1) is 14.5. The van der Waals surface area contributed by atoms with Crippen molar-refractivity contribution in [3.05, 3.63) is 51.9 Å². The van der Waals surface area contributed by atoms with Crippen molar-refractivity contribution >= 4 is 5.82 Å². The van der Waals surface area contributed by atoms with Crippen molar-refractivity contribution < 1.29 is 13.5 Å². The topological polar surface area (TPSA) is 56.2 Å². The summed E-state index contributed by atoms with van der Waals surface area (Å²) in [4.78, 5) is 15.7. The first-order valence-corrected chi connectivity index (χ1v) is 6.98. The zero-order chi connectivity index (χ0) is 15.7. The molecule has 0 saturated carbocycles. The van der Waals surface area contributed by atoms with Crippen LogP contribution in [0.15, 0.2) is 29.1 Å². The number of aromatic nitrogens is 2. The van der Waals surface area contributed by atoms with Gasteiger partial charge in [0.2, 0.25) is 5.88 Å². The summed E-state index contributed by atoms with van der Waals surface area (Å²) in [5.41, 5.74) is -0.354. The molecule has 22 heavy (non-hydrogen) atoms. The van der Waals surface area contributed by atoms with Crippen LogP contribution in [0, 0.1) is 11.6 Å². The van der Waals surface area contributed by atoms with Gasteiger partial charge in [-0.3, -0.25) is 4.57 Å². The Kier molecular flexibility index (Phi) is 3.79. The van der Waals surface area contributed by atoms with Gasteiger partial charge in [0.15, 0.2) is 11.6 Å². The summed E-state index contributed by atoms with van der Waals surface area (Å²) < 4.78 is 33.5. The van der Waals surface area contributed by atoms with Crippen molar-refractivity contribution in [2.45, 2.75) is 32.5 Å². The SMILES string of the molecule is C[C@@H]1CCn2c(cc(OCc3cccc(F)c3F)nc2=O)N1. The molecule has 1 N–H and O–H groups in total. The summed E-state index contributed by atoms with van der Waals surface area (Å²) in [6.45, 7) is 2.40. The molecule has 1 aliphatic heterocycles. The standard InChI is InChI=1S/C15H15F2N3O2/c1-9-5-6-20-12(18-9)7-13(19-15(20)21)22-8-10-3-2-4-11(16)14(10)17/h2-4,7,9,18H,5-6,8H2,1H3/t9-/m1/s1. The maximum absolute atomic E-state index is 13.6. The molecule has 0 fully saturated rings. The van der Waals surface area contributed by atoms with Gasteiger partial charge in [-0.15, -0.1) is 0 Å². The van der Waals surface area contributed by atoms with Crippen LogP contribution < -0.4 is 15.7 Å². The monoisotopic (exact) mass is 307 g/mol. The van der Waals surface area contributed by atoms with Crippen molar-refractivity contribution in [1.29, 1.82) is 0 Å². The van der Waals surface area contributed by atoms with Gasteiger partial charge in [-0.2, -0.15) is 4.98 Å². The second-order valence-electron chi connectivity index (χ2n) is 5.25. The Labute approximate surface area is 125 Å². The Balaban J connectivity index is 1.81. The molecule has 2 aromatic rings. The molecule has 0 radical (unpaired) electrons. The Hall–Kier alpha value is -2.44. The number of nitrogens with one attached hydrogen (secondary N) is 1. The van der Waals surface area contributed by atoms with Crippen LogP contribution in [0.25, 0.3) is 0 Å². The van der Waals surface area contributed by atoms with E-state index < -0.39 is 17.3 Å². The Bertz CT molecular complexity index is 761. The minimum atomic E-state index is -0.955. The maximum atomic E-state index is 13.6. The van der Waals surface area contributed by atoms with Crippen LogP contribution in [0.5, 0.6) is 5.88 Å². The molecule has 116 valence electrons. The minimum absolute atomic E-state index is 0.0703. The number of hydrogen-bond donors (Lipinski definition) is 1. The Morgan fingerprint density at radius 2 is 2.27 bits per heavy atom. The molecule has 0 bridgehead atoms. The highest BCUT2D eigenvalue weighted by molar-refractivity contribution is 5.41. The van der Waals surface area contributed by atoms with Gasteiger partial charge in [0.25, 0.3) is 0 Å². The third-order valence-electron chi connectivity index (χ3n) is 3.57. The number of fused-ring (bicyclic) bond motifs is 1. The summed E-state index contributed by atoms with van der Waals surface area (Å²) in [5.74, 6) is -1.19. The summed E-state index contributed by atoms with van der Waals surface area (Å²) in [7, 11) is 0. The largest absolute Gasteiger partial charge is 0.472 e. The third-order valence-corrected chi connectivity index (χ3v) is 3.57. The molecule has 0 saturated heterocycles. The van der Waals surface area contributed by atoms with Crippen LogP contribution in [0.1, 0.15) is 18.9 Å². The molecule has 0 aliphatic carbocycles. The van der Waals surface area contributed by atoms with E-state index in [4.69, 9.17) is 4.74 Å². The number of ether oxygens (including phenoxy) is 1. The highest BCUT2D eigenvalue weighted by atomic mass is 19.2. The van der Waals surface area contributed by atoms with Crippen molar-refractivity contribution in [2.24, 2.45) is 0 Å². The maximum Gasteiger partial charge on any atom is 0.352 e. The fourth-order valence-corrected chi connectivity index (χ4v) is 2.35. The lowest BCUT2D eigenvalue weighted by atomic mass is 10.2. The first-order chi connectivity index (χ1) is 10.5. The van der Waals surface area contributed by atoms with E-state index in [1.807, 2.05) is 6.92 Å². The highest BCUT2D eigenvalue weighted by Crippen LogP contribution is 2.20.